The lowest BCUT2D eigenvalue weighted by atomic mass is 10.0. The summed E-state index contributed by atoms with van der Waals surface area (Å²) in [5.74, 6) is -0.00931. The third kappa shape index (κ3) is 3.45. The largest absolute Gasteiger partial charge is 0.384 e. The summed E-state index contributed by atoms with van der Waals surface area (Å²) in [6, 6.07) is 0. The Bertz CT molecular complexity index is 617. The summed E-state index contributed by atoms with van der Waals surface area (Å²) >= 11 is 1.46. The van der Waals surface area contributed by atoms with Crippen molar-refractivity contribution >= 4 is 22.8 Å². The molecule has 1 amide bonds. The number of hydrogen-bond acceptors (Lipinski definition) is 7. The first-order valence-electron chi connectivity index (χ1n) is 9.08. The quantitative estimate of drug-likeness (QED) is 0.776. The smallest absolute Gasteiger partial charge is 0.262 e. The Morgan fingerprint density at radius 3 is 2.88 bits per heavy atom. The first-order valence-corrected chi connectivity index (χ1v) is 9.90. The lowest BCUT2D eigenvalue weighted by Crippen LogP contribution is -2.53. The minimum Gasteiger partial charge on any atom is -0.384 e. The molecule has 0 aromatic rings. The van der Waals surface area contributed by atoms with Gasteiger partial charge in [0, 0.05) is 25.3 Å². The molecular formula is C17H26N4O3S. The second-order valence-corrected chi connectivity index (χ2v) is 8.30. The molecule has 0 aromatic heterocycles. The van der Waals surface area contributed by atoms with E-state index >= 15 is 0 Å². The maximum absolute atomic E-state index is 13.1. The molecule has 1 N–H and O–H groups in total. The minimum atomic E-state index is -0.998. The number of amides is 1. The SMILES string of the molecule is CC1=C(C(=O)N2CCOCC(O)(CN3CCCC3)C2)SC2=NCCN21. The summed E-state index contributed by atoms with van der Waals surface area (Å²) in [5.41, 5.74) is -0.0125. The Kier molecular flexibility index (Phi) is 4.79. The minimum absolute atomic E-state index is 0.00931. The van der Waals surface area contributed by atoms with Crippen LogP contribution in [0.2, 0.25) is 0 Å². The van der Waals surface area contributed by atoms with Crippen LogP contribution in [-0.4, -0.2) is 95.5 Å². The third-order valence-corrected chi connectivity index (χ3v) is 6.49. The Balaban J connectivity index is 1.48. The number of nitrogens with zero attached hydrogens (tertiary/aromatic N) is 4. The van der Waals surface area contributed by atoms with Gasteiger partial charge in [-0.3, -0.25) is 9.79 Å². The Morgan fingerprint density at radius 1 is 1.32 bits per heavy atom. The Hall–Kier alpha value is -1.09. The lowest BCUT2D eigenvalue weighted by molar-refractivity contribution is -0.129. The highest BCUT2D eigenvalue weighted by Gasteiger charge is 2.40. The molecule has 1 unspecified atom stereocenters. The molecule has 4 rings (SSSR count). The Morgan fingerprint density at radius 2 is 2.12 bits per heavy atom. The molecule has 25 heavy (non-hydrogen) atoms. The number of aliphatic imine (C=N–C) groups is 1. The molecule has 0 spiro atoms. The molecule has 4 aliphatic rings. The van der Waals surface area contributed by atoms with Gasteiger partial charge in [0.05, 0.1) is 31.2 Å². The average Bonchev–Trinajstić information content (AvgIpc) is 3.27. The number of amidine groups is 1. The van der Waals surface area contributed by atoms with Gasteiger partial charge in [0.1, 0.15) is 5.60 Å². The van der Waals surface area contributed by atoms with Gasteiger partial charge in [-0.25, -0.2) is 0 Å². The summed E-state index contributed by atoms with van der Waals surface area (Å²) in [5, 5.41) is 12.0. The van der Waals surface area contributed by atoms with E-state index in [2.05, 4.69) is 14.8 Å². The fourth-order valence-electron chi connectivity index (χ4n) is 4.00. The molecule has 7 nitrogen and oxygen atoms in total. The van der Waals surface area contributed by atoms with E-state index < -0.39 is 5.60 Å². The molecule has 1 atom stereocenters. The van der Waals surface area contributed by atoms with Crippen molar-refractivity contribution in [1.29, 1.82) is 0 Å². The number of carbonyl (C=O) groups excluding carboxylic acids is 1. The Labute approximate surface area is 152 Å². The lowest BCUT2D eigenvalue weighted by Gasteiger charge is -2.34. The fraction of sp³-hybridized carbons (Fsp3) is 0.765. The number of rotatable bonds is 3. The maximum atomic E-state index is 13.1. The van der Waals surface area contributed by atoms with Crippen LogP contribution in [0.4, 0.5) is 0 Å². The molecule has 4 heterocycles. The van der Waals surface area contributed by atoms with Crippen LogP contribution in [0.25, 0.3) is 0 Å². The van der Waals surface area contributed by atoms with Crippen LogP contribution in [0.15, 0.2) is 15.6 Å². The van der Waals surface area contributed by atoms with Gasteiger partial charge >= 0.3 is 0 Å². The highest BCUT2D eigenvalue weighted by atomic mass is 32.2. The van der Waals surface area contributed by atoms with Gasteiger partial charge in [-0.1, -0.05) is 0 Å². The average molecular weight is 366 g/mol. The highest BCUT2D eigenvalue weighted by molar-refractivity contribution is 8.18. The zero-order valence-corrected chi connectivity index (χ0v) is 15.6. The van der Waals surface area contributed by atoms with E-state index in [1.54, 1.807) is 4.90 Å². The van der Waals surface area contributed by atoms with Crippen molar-refractivity contribution in [2.24, 2.45) is 4.99 Å². The van der Waals surface area contributed by atoms with E-state index in [1.165, 1.54) is 24.6 Å². The van der Waals surface area contributed by atoms with Crippen LogP contribution in [0, 0.1) is 0 Å². The van der Waals surface area contributed by atoms with E-state index in [0.717, 1.165) is 41.9 Å². The van der Waals surface area contributed by atoms with Crippen molar-refractivity contribution in [3.8, 4) is 0 Å². The van der Waals surface area contributed by atoms with E-state index in [4.69, 9.17) is 4.74 Å². The summed E-state index contributed by atoms with van der Waals surface area (Å²) in [4.78, 5) is 24.4. The van der Waals surface area contributed by atoms with Crippen molar-refractivity contribution in [2.45, 2.75) is 25.4 Å². The van der Waals surface area contributed by atoms with Crippen LogP contribution in [0.1, 0.15) is 19.8 Å². The van der Waals surface area contributed by atoms with Crippen molar-refractivity contribution in [1.82, 2.24) is 14.7 Å². The second-order valence-electron chi connectivity index (χ2n) is 7.32. The number of carbonyl (C=O) groups is 1. The normalized spacial score (nSPS) is 30.7. The van der Waals surface area contributed by atoms with Crippen molar-refractivity contribution in [2.75, 3.05) is 59.0 Å². The second kappa shape index (κ2) is 6.90. The van der Waals surface area contributed by atoms with Gasteiger partial charge in [0.15, 0.2) is 5.17 Å². The van der Waals surface area contributed by atoms with E-state index in [9.17, 15) is 9.90 Å². The van der Waals surface area contributed by atoms with Crippen molar-refractivity contribution in [3.63, 3.8) is 0 Å². The number of likely N-dealkylation sites (tertiary alicyclic amines) is 1. The summed E-state index contributed by atoms with van der Waals surface area (Å²) < 4.78 is 5.64. The van der Waals surface area contributed by atoms with Crippen LogP contribution in [0.5, 0.6) is 0 Å². The number of fused-ring (bicyclic) bond motifs is 1. The molecule has 0 aliphatic carbocycles. The zero-order chi connectivity index (χ0) is 17.4. The number of allylic oxidation sites excluding steroid dienone is 1. The number of β-amino-alcohol motifs (C(OH)–C–C–N with tert-alkyl or cyclic N) is 1. The summed E-state index contributed by atoms with van der Waals surface area (Å²) in [6.45, 7) is 7.85. The molecule has 0 bridgehead atoms. The molecule has 0 radical (unpaired) electrons. The predicted molar refractivity (Wildman–Crippen MR) is 97.3 cm³/mol. The van der Waals surface area contributed by atoms with Crippen LogP contribution in [0.3, 0.4) is 0 Å². The van der Waals surface area contributed by atoms with Crippen molar-refractivity contribution in [3.05, 3.63) is 10.6 Å². The van der Waals surface area contributed by atoms with Gasteiger partial charge in [0.2, 0.25) is 0 Å². The molecule has 0 aromatic carbocycles. The molecule has 2 fully saturated rings. The van der Waals surface area contributed by atoms with Gasteiger partial charge in [0.25, 0.3) is 5.91 Å². The monoisotopic (exact) mass is 366 g/mol. The third-order valence-electron chi connectivity index (χ3n) is 5.29. The van der Waals surface area contributed by atoms with Crippen LogP contribution in [-0.2, 0) is 9.53 Å². The first-order chi connectivity index (χ1) is 12.1. The topological polar surface area (TPSA) is 68.6 Å². The molecular weight excluding hydrogens is 340 g/mol. The summed E-state index contributed by atoms with van der Waals surface area (Å²) in [7, 11) is 0. The van der Waals surface area contributed by atoms with Gasteiger partial charge < -0.3 is 24.5 Å². The molecule has 4 aliphatic heterocycles. The highest BCUT2D eigenvalue weighted by Crippen LogP contribution is 2.37. The van der Waals surface area contributed by atoms with Gasteiger partial charge in [-0.05, 0) is 44.6 Å². The van der Waals surface area contributed by atoms with E-state index in [1.807, 2.05) is 6.92 Å². The standard InChI is InChI=1S/C17H26N4O3S/c1-13-14(25-16-18-4-7-21(13)16)15(22)20-8-9-24-12-17(23,11-20)10-19-5-2-3-6-19/h23H,2-12H2,1H3. The van der Waals surface area contributed by atoms with Gasteiger partial charge in [-0.2, -0.15) is 0 Å². The van der Waals surface area contributed by atoms with Crippen LogP contribution >= 0.6 is 11.8 Å². The maximum Gasteiger partial charge on any atom is 0.262 e. The molecule has 0 saturated carbocycles. The van der Waals surface area contributed by atoms with Gasteiger partial charge in [-0.15, -0.1) is 0 Å². The fourth-order valence-corrected chi connectivity index (χ4v) is 5.15. The van der Waals surface area contributed by atoms with Crippen LogP contribution < -0.4 is 0 Å². The number of thioether (sulfide) groups is 1. The predicted octanol–water partition coefficient (Wildman–Crippen LogP) is 0.322. The van der Waals surface area contributed by atoms with E-state index in [-0.39, 0.29) is 12.5 Å². The number of hydrogen-bond donors (Lipinski definition) is 1. The molecule has 2 saturated heterocycles. The number of aliphatic hydroxyl groups is 1. The molecule has 138 valence electrons. The summed E-state index contributed by atoms with van der Waals surface area (Å²) in [6.07, 6.45) is 2.36. The zero-order valence-electron chi connectivity index (χ0n) is 14.7. The first kappa shape index (κ1) is 17.3. The van der Waals surface area contributed by atoms with Crippen molar-refractivity contribution < 1.29 is 14.6 Å². The van der Waals surface area contributed by atoms with E-state index in [0.29, 0.717) is 26.2 Å². The molecule has 8 heteroatoms. The number of ether oxygens (including phenoxy) is 1.